The van der Waals surface area contributed by atoms with Crippen LogP contribution in [0.3, 0.4) is 0 Å². The Morgan fingerprint density at radius 2 is 1.95 bits per heavy atom. The second kappa shape index (κ2) is 6.04. The van der Waals surface area contributed by atoms with E-state index < -0.39 is 0 Å². The summed E-state index contributed by atoms with van der Waals surface area (Å²) < 4.78 is 6.76. The van der Waals surface area contributed by atoms with Crippen LogP contribution in [0.4, 0.5) is 0 Å². The third-order valence-corrected chi connectivity index (χ3v) is 3.05. The van der Waals surface area contributed by atoms with Crippen LogP contribution >= 0.6 is 11.6 Å². The van der Waals surface area contributed by atoms with E-state index in [1.807, 2.05) is 31.2 Å². The minimum atomic E-state index is -0.00623. The molecule has 1 aromatic carbocycles. The molecule has 2 aromatic rings. The third kappa shape index (κ3) is 3.69. The maximum absolute atomic E-state index is 11.8. The van der Waals surface area contributed by atoms with Crippen LogP contribution in [0.2, 0.25) is 5.02 Å². The number of aromatic nitrogens is 1. The van der Waals surface area contributed by atoms with Gasteiger partial charge in [0.2, 0.25) is 0 Å². The molecular formula is C15H16ClNO2. The van der Waals surface area contributed by atoms with Gasteiger partial charge in [0.25, 0.3) is 5.56 Å². The Bertz CT molecular complexity index is 634. The van der Waals surface area contributed by atoms with Gasteiger partial charge in [-0.1, -0.05) is 17.7 Å². The van der Waals surface area contributed by atoms with Crippen LogP contribution in [0.25, 0.3) is 0 Å². The molecule has 4 heteroatoms. The zero-order chi connectivity index (χ0) is 13.8. The van der Waals surface area contributed by atoms with Gasteiger partial charge in [-0.05, 0) is 41.8 Å². The van der Waals surface area contributed by atoms with Crippen molar-refractivity contribution in [2.45, 2.75) is 20.1 Å². The van der Waals surface area contributed by atoms with Crippen molar-refractivity contribution in [1.82, 2.24) is 4.57 Å². The van der Waals surface area contributed by atoms with Gasteiger partial charge in [-0.2, -0.15) is 0 Å². The second-order valence-corrected chi connectivity index (χ2v) is 5.01. The van der Waals surface area contributed by atoms with E-state index >= 15 is 0 Å². The topological polar surface area (TPSA) is 31.2 Å². The number of rotatable bonds is 4. The smallest absolute Gasteiger partial charge is 0.251 e. The van der Waals surface area contributed by atoms with Gasteiger partial charge in [-0.15, -0.1) is 0 Å². The Morgan fingerprint density at radius 3 is 2.63 bits per heavy atom. The summed E-state index contributed by atoms with van der Waals surface area (Å²) in [5, 5.41) is 0.657. The van der Waals surface area contributed by atoms with Crippen molar-refractivity contribution in [3.63, 3.8) is 0 Å². The van der Waals surface area contributed by atoms with Crippen LogP contribution in [0.5, 0.6) is 0 Å². The first-order valence-electron chi connectivity index (χ1n) is 6.03. The molecule has 0 N–H and O–H groups in total. The number of benzene rings is 1. The lowest BCUT2D eigenvalue weighted by Gasteiger charge is -2.09. The van der Waals surface area contributed by atoms with Crippen LogP contribution in [0.15, 0.2) is 41.3 Å². The molecule has 1 aromatic heterocycles. The van der Waals surface area contributed by atoms with Crippen LogP contribution < -0.4 is 5.56 Å². The van der Waals surface area contributed by atoms with Crippen molar-refractivity contribution >= 4 is 11.6 Å². The highest BCUT2D eigenvalue weighted by atomic mass is 35.5. The number of pyridine rings is 1. The minimum Gasteiger partial charge on any atom is -0.380 e. The first kappa shape index (κ1) is 13.8. The Balaban J connectivity index is 2.30. The number of hydrogen-bond donors (Lipinski definition) is 0. The van der Waals surface area contributed by atoms with Crippen molar-refractivity contribution in [3.05, 3.63) is 68.6 Å². The summed E-state index contributed by atoms with van der Waals surface area (Å²) in [5.41, 5.74) is 2.95. The summed E-state index contributed by atoms with van der Waals surface area (Å²) in [6, 6.07) is 9.28. The Labute approximate surface area is 117 Å². The van der Waals surface area contributed by atoms with Crippen molar-refractivity contribution in [1.29, 1.82) is 0 Å². The molecule has 3 nitrogen and oxygen atoms in total. The Morgan fingerprint density at radius 1 is 1.21 bits per heavy atom. The van der Waals surface area contributed by atoms with E-state index in [9.17, 15) is 4.79 Å². The molecule has 0 saturated carbocycles. The highest BCUT2D eigenvalue weighted by Gasteiger charge is 2.02. The molecule has 0 aliphatic rings. The number of nitrogens with zero attached hydrogens (tertiary/aromatic N) is 1. The molecule has 0 amide bonds. The predicted molar refractivity (Wildman–Crippen MR) is 76.7 cm³/mol. The summed E-state index contributed by atoms with van der Waals surface area (Å²) in [4.78, 5) is 11.8. The highest BCUT2D eigenvalue weighted by Crippen LogP contribution is 2.16. The average Bonchev–Trinajstić information content (AvgIpc) is 2.32. The molecule has 19 heavy (non-hydrogen) atoms. The number of halogens is 1. The van der Waals surface area contributed by atoms with Gasteiger partial charge in [-0.25, -0.2) is 0 Å². The van der Waals surface area contributed by atoms with E-state index in [1.54, 1.807) is 23.9 Å². The van der Waals surface area contributed by atoms with Gasteiger partial charge in [0.1, 0.15) is 0 Å². The number of methoxy groups -OCH3 is 1. The molecule has 0 radical (unpaired) electrons. The lowest BCUT2D eigenvalue weighted by atomic mass is 10.1. The molecule has 0 atom stereocenters. The van der Waals surface area contributed by atoms with Crippen molar-refractivity contribution in [2.24, 2.45) is 0 Å². The van der Waals surface area contributed by atoms with Crippen LogP contribution in [-0.4, -0.2) is 11.7 Å². The lowest BCUT2D eigenvalue weighted by Crippen LogP contribution is -2.19. The summed E-state index contributed by atoms with van der Waals surface area (Å²) in [7, 11) is 1.64. The Kier molecular flexibility index (Phi) is 4.40. The summed E-state index contributed by atoms with van der Waals surface area (Å²) in [6.07, 6.45) is 1.80. The van der Waals surface area contributed by atoms with Gasteiger partial charge >= 0.3 is 0 Å². The Hall–Kier alpha value is -1.58. The minimum absolute atomic E-state index is 0.00623. The molecule has 0 spiro atoms. The fraction of sp³-hybridized carbons (Fsp3) is 0.267. The molecule has 1 heterocycles. The number of ether oxygens (including phenoxy) is 1. The molecule has 100 valence electrons. The number of aryl methyl sites for hydroxylation is 1. The van der Waals surface area contributed by atoms with Crippen molar-refractivity contribution < 1.29 is 4.74 Å². The largest absolute Gasteiger partial charge is 0.380 e. The standard InChI is InChI=1S/C15H16ClNO2/c1-11-3-4-17(15(18)5-11)9-12-6-13(10-19-2)8-14(16)7-12/h3-8H,9-10H2,1-2H3. The molecule has 0 saturated heterocycles. The van der Waals surface area contributed by atoms with Crippen LogP contribution in [0, 0.1) is 6.92 Å². The first-order valence-corrected chi connectivity index (χ1v) is 6.40. The fourth-order valence-corrected chi connectivity index (χ4v) is 2.27. The van der Waals surface area contributed by atoms with Gasteiger partial charge in [0, 0.05) is 24.4 Å². The first-order chi connectivity index (χ1) is 9.08. The molecule has 0 fully saturated rings. The number of hydrogen-bond acceptors (Lipinski definition) is 2. The van der Waals surface area contributed by atoms with Crippen LogP contribution in [0.1, 0.15) is 16.7 Å². The summed E-state index contributed by atoms with van der Waals surface area (Å²) >= 11 is 6.07. The summed E-state index contributed by atoms with van der Waals surface area (Å²) in [6.45, 7) is 2.93. The van der Waals surface area contributed by atoms with Crippen LogP contribution in [-0.2, 0) is 17.9 Å². The molecule has 0 unspecified atom stereocenters. The van der Waals surface area contributed by atoms with Gasteiger partial charge in [0.05, 0.1) is 13.2 Å². The van der Waals surface area contributed by atoms with E-state index in [2.05, 4.69) is 0 Å². The maximum atomic E-state index is 11.8. The highest BCUT2D eigenvalue weighted by molar-refractivity contribution is 6.30. The second-order valence-electron chi connectivity index (χ2n) is 4.57. The van der Waals surface area contributed by atoms with Gasteiger partial charge < -0.3 is 9.30 Å². The zero-order valence-electron chi connectivity index (χ0n) is 11.0. The summed E-state index contributed by atoms with van der Waals surface area (Å²) in [5.74, 6) is 0. The van der Waals surface area contributed by atoms with Crippen molar-refractivity contribution in [3.8, 4) is 0 Å². The third-order valence-electron chi connectivity index (χ3n) is 2.83. The lowest BCUT2D eigenvalue weighted by molar-refractivity contribution is 0.185. The monoisotopic (exact) mass is 277 g/mol. The average molecular weight is 278 g/mol. The molecule has 0 bridgehead atoms. The quantitative estimate of drug-likeness (QED) is 0.860. The van der Waals surface area contributed by atoms with E-state index in [0.29, 0.717) is 18.2 Å². The molecule has 2 rings (SSSR count). The molecule has 0 aliphatic heterocycles. The van der Waals surface area contributed by atoms with E-state index in [-0.39, 0.29) is 5.56 Å². The van der Waals surface area contributed by atoms with Crippen molar-refractivity contribution in [2.75, 3.05) is 7.11 Å². The molecular weight excluding hydrogens is 262 g/mol. The fourth-order valence-electron chi connectivity index (χ4n) is 1.99. The normalized spacial score (nSPS) is 10.7. The van der Waals surface area contributed by atoms with Gasteiger partial charge in [0.15, 0.2) is 0 Å². The van der Waals surface area contributed by atoms with Gasteiger partial charge in [-0.3, -0.25) is 4.79 Å². The van der Waals surface area contributed by atoms with E-state index in [1.165, 1.54) is 0 Å². The van der Waals surface area contributed by atoms with E-state index in [4.69, 9.17) is 16.3 Å². The maximum Gasteiger partial charge on any atom is 0.251 e. The predicted octanol–water partition coefficient (Wildman–Crippen LogP) is 3.00. The SMILES string of the molecule is COCc1cc(Cl)cc(Cn2ccc(C)cc2=O)c1. The zero-order valence-corrected chi connectivity index (χ0v) is 11.8. The van der Waals surface area contributed by atoms with E-state index in [0.717, 1.165) is 16.7 Å². The molecule has 0 aliphatic carbocycles.